The number of carbonyl (C=O) groups is 2. The van der Waals surface area contributed by atoms with Crippen molar-refractivity contribution in [3.8, 4) is 5.75 Å². The van der Waals surface area contributed by atoms with Gasteiger partial charge in [0.2, 0.25) is 0 Å². The summed E-state index contributed by atoms with van der Waals surface area (Å²) in [6, 6.07) is 6.20. The molecule has 0 saturated carbocycles. The van der Waals surface area contributed by atoms with Gasteiger partial charge in [0, 0.05) is 8.45 Å². The standard InChI is InChI=1S/C14H12INO4S/c1-2-8-6-10(14(19)20)13(21-8)16-12(18)9-5-7(15)3-4-11(9)17/h3-6,17H,2H2,1H3,(H,16,18)(H,19,20). The van der Waals surface area contributed by atoms with Crippen LogP contribution in [0.3, 0.4) is 0 Å². The molecule has 1 aromatic carbocycles. The normalized spacial score (nSPS) is 10.4. The van der Waals surface area contributed by atoms with E-state index in [4.69, 9.17) is 5.11 Å². The Labute approximate surface area is 138 Å². The first-order chi connectivity index (χ1) is 9.92. The molecular formula is C14H12INO4S. The Balaban J connectivity index is 2.33. The summed E-state index contributed by atoms with van der Waals surface area (Å²) in [6.07, 6.45) is 0.690. The summed E-state index contributed by atoms with van der Waals surface area (Å²) in [4.78, 5) is 24.3. The number of hydrogen-bond acceptors (Lipinski definition) is 4. The lowest BCUT2D eigenvalue weighted by molar-refractivity contribution is 0.0698. The minimum atomic E-state index is -1.09. The number of thiophene rings is 1. The van der Waals surface area contributed by atoms with Crippen LogP contribution >= 0.6 is 33.9 Å². The highest BCUT2D eigenvalue weighted by atomic mass is 127. The lowest BCUT2D eigenvalue weighted by Gasteiger charge is -2.06. The molecule has 3 N–H and O–H groups in total. The molecule has 5 nitrogen and oxygen atoms in total. The van der Waals surface area contributed by atoms with E-state index in [1.54, 1.807) is 18.2 Å². The molecule has 0 fully saturated rings. The van der Waals surface area contributed by atoms with Crippen LogP contribution in [0.25, 0.3) is 0 Å². The van der Waals surface area contributed by atoms with Crippen molar-refractivity contribution in [1.82, 2.24) is 0 Å². The van der Waals surface area contributed by atoms with Gasteiger partial charge in [-0.15, -0.1) is 11.3 Å². The van der Waals surface area contributed by atoms with Crippen molar-refractivity contribution in [2.24, 2.45) is 0 Å². The average molecular weight is 417 g/mol. The van der Waals surface area contributed by atoms with Gasteiger partial charge in [0.25, 0.3) is 5.91 Å². The number of phenolic OH excluding ortho intramolecular Hbond substituents is 1. The van der Waals surface area contributed by atoms with Crippen LogP contribution in [-0.2, 0) is 6.42 Å². The molecule has 2 rings (SSSR count). The highest BCUT2D eigenvalue weighted by Gasteiger charge is 2.19. The second-order valence-corrected chi connectivity index (χ2v) is 6.61. The highest BCUT2D eigenvalue weighted by molar-refractivity contribution is 14.1. The van der Waals surface area contributed by atoms with Crippen LogP contribution in [0.4, 0.5) is 5.00 Å². The van der Waals surface area contributed by atoms with Crippen molar-refractivity contribution in [2.75, 3.05) is 5.32 Å². The van der Waals surface area contributed by atoms with E-state index in [0.717, 1.165) is 8.45 Å². The molecule has 110 valence electrons. The number of anilines is 1. The van der Waals surface area contributed by atoms with Gasteiger partial charge in [-0.3, -0.25) is 4.79 Å². The van der Waals surface area contributed by atoms with Crippen LogP contribution in [0.15, 0.2) is 24.3 Å². The number of halogens is 1. The summed E-state index contributed by atoms with van der Waals surface area (Å²) < 4.78 is 0.800. The Morgan fingerprint density at radius 1 is 1.29 bits per heavy atom. The van der Waals surface area contributed by atoms with Gasteiger partial charge < -0.3 is 15.5 Å². The topological polar surface area (TPSA) is 86.6 Å². The third-order valence-electron chi connectivity index (χ3n) is 2.79. The summed E-state index contributed by atoms with van der Waals surface area (Å²) in [5.74, 6) is -1.76. The van der Waals surface area contributed by atoms with Crippen LogP contribution < -0.4 is 5.32 Å². The van der Waals surface area contributed by atoms with Crippen LogP contribution in [-0.4, -0.2) is 22.1 Å². The molecule has 0 radical (unpaired) electrons. The van der Waals surface area contributed by atoms with Gasteiger partial charge in [0.05, 0.1) is 11.1 Å². The number of carbonyl (C=O) groups excluding carboxylic acids is 1. The number of benzene rings is 1. The monoisotopic (exact) mass is 417 g/mol. The summed E-state index contributed by atoms with van der Waals surface area (Å²) >= 11 is 3.26. The third-order valence-corrected chi connectivity index (χ3v) is 4.66. The molecule has 0 aliphatic heterocycles. The Hall–Kier alpha value is -1.61. The van der Waals surface area contributed by atoms with E-state index in [-0.39, 0.29) is 21.9 Å². The van der Waals surface area contributed by atoms with Crippen molar-refractivity contribution in [3.63, 3.8) is 0 Å². The summed E-state index contributed by atoms with van der Waals surface area (Å²) in [5, 5.41) is 21.7. The van der Waals surface area contributed by atoms with Crippen molar-refractivity contribution in [1.29, 1.82) is 0 Å². The number of nitrogens with one attached hydrogen (secondary N) is 1. The first-order valence-electron chi connectivity index (χ1n) is 6.08. The molecule has 1 heterocycles. The van der Waals surface area contributed by atoms with Gasteiger partial charge in [-0.1, -0.05) is 6.92 Å². The van der Waals surface area contributed by atoms with Gasteiger partial charge >= 0.3 is 5.97 Å². The van der Waals surface area contributed by atoms with Gasteiger partial charge in [-0.25, -0.2) is 4.79 Å². The highest BCUT2D eigenvalue weighted by Crippen LogP contribution is 2.30. The molecule has 1 aromatic heterocycles. The zero-order chi connectivity index (χ0) is 15.6. The average Bonchev–Trinajstić information content (AvgIpc) is 2.84. The molecule has 1 amide bonds. The van der Waals surface area contributed by atoms with Crippen LogP contribution in [0, 0.1) is 3.57 Å². The second kappa shape index (κ2) is 6.44. The fraction of sp³-hybridized carbons (Fsp3) is 0.143. The number of aryl methyl sites for hydroxylation is 1. The minimum Gasteiger partial charge on any atom is -0.507 e. The van der Waals surface area contributed by atoms with Gasteiger partial charge in [0.15, 0.2) is 0 Å². The number of carboxylic acids is 1. The van der Waals surface area contributed by atoms with Crippen LogP contribution in [0.1, 0.15) is 32.5 Å². The second-order valence-electron chi connectivity index (χ2n) is 4.23. The van der Waals surface area contributed by atoms with E-state index >= 15 is 0 Å². The zero-order valence-corrected chi connectivity index (χ0v) is 14.0. The number of aromatic carboxylic acids is 1. The van der Waals surface area contributed by atoms with Crippen molar-refractivity contribution in [2.45, 2.75) is 13.3 Å². The SMILES string of the molecule is CCc1cc(C(=O)O)c(NC(=O)c2cc(I)ccc2O)s1. The number of hydrogen-bond donors (Lipinski definition) is 3. The van der Waals surface area contributed by atoms with Crippen LogP contribution in [0.2, 0.25) is 0 Å². The zero-order valence-electron chi connectivity index (χ0n) is 11.0. The molecule has 0 unspecified atom stereocenters. The van der Waals surface area contributed by atoms with E-state index in [9.17, 15) is 14.7 Å². The van der Waals surface area contributed by atoms with E-state index in [2.05, 4.69) is 5.32 Å². The summed E-state index contributed by atoms with van der Waals surface area (Å²) in [7, 11) is 0. The molecule has 7 heteroatoms. The third kappa shape index (κ3) is 3.53. The maximum absolute atomic E-state index is 12.2. The first kappa shape index (κ1) is 15.8. The number of carboxylic acid groups (broad SMARTS) is 1. The quantitative estimate of drug-likeness (QED) is 0.664. The largest absolute Gasteiger partial charge is 0.507 e. The van der Waals surface area contributed by atoms with Gasteiger partial charge in [-0.2, -0.15) is 0 Å². The number of amides is 1. The molecule has 21 heavy (non-hydrogen) atoms. The Kier molecular flexibility index (Phi) is 4.84. The molecule has 0 atom stereocenters. The number of rotatable bonds is 4. The minimum absolute atomic E-state index is 0.0651. The summed E-state index contributed by atoms with van der Waals surface area (Å²) in [6.45, 7) is 1.91. The van der Waals surface area contributed by atoms with Gasteiger partial charge in [0.1, 0.15) is 10.8 Å². The molecule has 0 spiro atoms. The molecule has 0 bridgehead atoms. The Bertz CT molecular complexity index is 711. The van der Waals surface area contributed by atoms with Crippen molar-refractivity contribution in [3.05, 3.63) is 43.8 Å². The predicted octanol–water partition coefficient (Wildman–Crippen LogP) is 3.57. The fourth-order valence-corrected chi connectivity index (χ4v) is 3.20. The van der Waals surface area contributed by atoms with E-state index in [0.29, 0.717) is 6.42 Å². The first-order valence-corrected chi connectivity index (χ1v) is 7.97. The molecule has 0 saturated heterocycles. The molecule has 2 aromatic rings. The number of aromatic hydroxyl groups is 1. The lowest BCUT2D eigenvalue weighted by Crippen LogP contribution is -2.13. The van der Waals surface area contributed by atoms with Crippen molar-refractivity contribution >= 4 is 50.8 Å². The maximum Gasteiger partial charge on any atom is 0.338 e. The van der Waals surface area contributed by atoms with E-state index < -0.39 is 11.9 Å². The Morgan fingerprint density at radius 3 is 2.62 bits per heavy atom. The molecule has 0 aliphatic carbocycles. The Morgan fingerprint density at radius 2 is 2.00 bits per heavy atom. The van der Waals surface area contributed by atoms with E-state index in [1.165, 1.54) is 17.4 Å². The van der Waals surface area contributed by atoms with E-state index in [1.807, 2.05) is 29.5 Å². The molecule has 0 aliphatic rings. The predicted molar refractivity (Wildman–Crippen MR) is 89.4 cm³/mol. The van der Waals surface area contributed by atoms with Crippen molar-refractivity contribution < 1.29 is 19.8 Å². The van der Waals surface area contributed by atoms with Gasteiger partial charge in [-0.05, 0) is 53.3 Å². The van der Waals surface area contributed by atoms with Crippen LogP contribution in [0.5, 0.6) is 5.75 Å². The maximum atomic E-state index is 12.2. The smallest absolute Gasteiger partial charge is 0.338 e. The molecular weight excluding hydrogens is 405 g/mol. The lowest BCUT2D eigenvalue weighted by atomic mass is 10.2. The summed E-state index contributed by atoms with van der Waals surface area (Å²) in [5.41, 5.74) is 0.181. The number of phenols is 1. The fourth-order valence-electron chi connectivity index (χ4n) is 1.73.